The molecule has 41 heavy (non-hydrogen) atoms. The molecule has 0 amide bonds. The predicted octanol–water partition coefficient (Wildman–Crippen LogP) is 8.09. The van der Waals surface area contributed by atoms with Crippen molar-refractivity contribution in [2.24, 2.45) is 0 Å². The van der Waals surface area contributed by atoms with Gasteiger partial charge in [-0.05, 0) is 54.6 Å². The van der Waals surface area contributed by atoms with Gasteiger partial charge in [0.15, 0.2) is 11.0 Å². The van der Waals surface area contributed by atoms with Gasteiger partial charge in [-0.2, -0.15) is 4.73 Å². The predicted molar refractivity (Wildman–Crippen MR) is 167 cm³/mol. The summed E-state index contributed by atoms with van der Waals surface area (Å²) in [6.45, 7) is 2.11. The zero-order valence-electron chi connectivity index (χ0n) is 22.2. The number of benzene rings is 3. The second kappa shape index (κ2) is 13.2. The van der Waals surface area contributed by atoms with Gasteiger partial charge in [-0.25, -0.2) is 15.0 Å². The molecule has 0 aliphatic carbocycles. The number of hydrogen-bond donors (Lipinski definition) is 2. The fourth-order valence-corrected chi connectivity index (χ4v) is 5.85. The summed E-state index contributed by atoms with van der Waals surface area (Å²) >= 11 is 16.2. The number of thioether (sulfide) groups is 2. The number of aliphatic hydroxyl groups excluding tert-OH is 1. The first-order valence-electron chi connectivity index (χ1n) is 12.6. The van der Waals surface area contributed by atoms with Crippen LogP contribution in [-0.2, 0) is 12.4 Å². The summed E-state index contributed by atoms with van der Waals surface area (Å²) in [6.07, 6.45) is 3.52. The van der Waals surface area contributed by atoms with E-state index in [4.69, 9.17) is 32.9 Å². The molecule has 0 saturated carbocycles. The lowest BCUT2D eigenvalue weighted by Crippen LogP contribution is -2.01. The lowest BCUT2D eigenvalue weighted by Gasteiger charge is -2.11. The average Bonchev–Trinajstić information content (AvgIpc) is 3.31. The molecule has 1 unspecified atom stereocenters. The first kappa shape index (κ1) is 29.3. The van der Waals surface area contributed by atoms with Gasteiger partial charge in [0.1, 0.15) is 23.7 Å². The highest BCUT2D eigenvalue weighted by atomic mass is 35.5. The molecule has 1 atom stereocenters. The Morgan fingerprint density at radius 1 is 0.951 bits per heavy atom. The van der Waals surface area contributed by atoms with E-state index in [9.17, 15) is 10.3 Å². The second-order valence-corrected chi connectivity index (χ2v) is 11.9. The summed E-state index contributed by atoms with van der Waals surface area (Å²) in [5.41, 5.74) is 3.76. The van der Waals surface area contributed by atoms with Crippen LogP contribution < -0.4 is 4.74 Å². The molecule has 5 aromatic rings. The van der Waals surface area contributed by atoms with Gasteiger partial charge >= 0.3 is 0 Å². The van der Waals surface area contributed by atoms with Crippen molar-refractivity contribution in [3.05, 3.63) is 100 Å². The van der Waals surface area contributed by atoms with Crippen LogP contribution in [0.4, 0.5) is 0 Å². The Hall–Kier alpha value is -3.21. The summed E-state index contributed by atoms with van der Waals surface area (Å²) in [7, 11) is 0. The summed E-state index contributed by atoms with van der Waals surface area (Å²) in [6, 6.07) is 22.7. The number of ether oxygens (including phenoxy) is 1. The Balaban J connectivity index is 1.60. The molecule has 210 valence electrons. The lowest BCUT2D eigenvalue weighted by atomic mass is 10.1. The highest BCUT2D eigenvalue weighted by Crippen LogP contribution is 2.41. The molecule has 0 fully saturated rings. The van der Waals surface area contributed by atoms with Crippen molar-refractivity contribution in [1.82, 2.24) is 19.7 Å². The van der Waals surface area contributed by atoms with Crippen LogP contribution in [0.1, 0.15) is 18.1 Å². The number of imidazole rings is 1. The highest BCUT2D eigenvalue weighted by molar-refractivity contribution is 7.99. The Labute approximate surface area is 256 Å². The Bertz CT molecular complexity index is 1640. The fraction of sp³-hybridized carbons (Fsp3) is 0.167. The van der Waals surface area contributed by atoms with Gasteiger partial charge in [0, 0.05) is 17.5 Å². The van der Waals surface area contributed by atoms with Crippen LogP contribution >= 0.6 is 46.7 Å². The molecule has 0 aliphatic heterocycles. The van der Waals surface area contributed by atoms with E-state index >= 15 is 0 Å². The monoisotopic (exact) mass is 624 g/mol. The van der Waals surface area contributed by atoms with Crippen LogP contribution in [0, 0.1) is 0 Å². The summed E-state index contributed by atoms with van der Waals surface area (Å²) < 4.78 is 7.03. The first-order valence-corrected chi connectivity index (χ1v) is 15.6. The quantitative estimate of drug-likeness (QED) is 0.0697. The van der Waals surface area contributed by atoms with Crippen LogP contribution in [0.15, 0.2) is 84.1 Å². The van der Waals surface area contributed by atoms with Gasteiger partial charge in [-0.1, -0.05) is 77.4 Å². The maximum absolute atomic E-state index is 11.6. The number of halogens is 2. The van der Waals surface area contributed by atoms with Crippen molar-refractivity contribution in [1.29, 1.82) is 0 Å². The first-order chi connectivity index (χ1) is 19.8. The maximum Gasteiger partial charge on any atom is 0.187 e. The van der Waals surface area contributed by atoms with E-state index in [0.29, 0.717) is 61.5 Å². The average molecular weight is 626 g/mol. The molecule has 0 aliphatic rings. The fourth-order valence-electron chi connectivity index (χ4n) is 4.19. The third-order valence-corrected chi connectivity index (χ3v) is 8.23. The molecule has 7 nitrogen and oxygen atoms in total. The summed E-state index contributed by atoms with van der Waals surface area (Å²) in [5, 5.41) is 22.4. The Morgan fingerprint density at radius 3 is 2.41 bits per heavy atom. The minimum atomic E-state index is -0.528. The molecular formula is C30H26Cl2N4O3S2. The van der Waals surface area contributed by atoms with Crippen LogP contribution in [0.25, 0.3) is 34.0 Å². The molecule has 11 heteroatoms. The van der Waals surface area contributed by atoms with Gasteiger partial charge < -0.3 is 15.1 Å². The SMILES string of the molecule is CSc1nccc(-c2c(-c3cccc(OCc4ccccc4)c3)nc(-c3c(Cl)cc(CSC(C)O)cc3Cl)n2O)n1. The normalized spacial score (nSPS) is 11.9. The number of aliphatic hydroxyl groups is 1. The third-order valence-electron chi connectivity index (χ3n) is 6.09. The molecule has 0 bridgehead atoms. The van der Waals surface area contributed by atoms with E-state index in [1.54, 1.807) is 31.3 Å². The Kier molecular flexibility index (Phi) is 9.42. The molecule has 2 heterocycles. The van der Waals surface area contributed by atoms with E-state index < -0.39 is 5.44 Å². The summed E-state index contributed by atoms with van der Waals surface area (Å²) in [5.74, 6) is 1.34. The van der Waals surface area contributed by atoms with Crippen molar-refractivity contribution < 1.29 is 15.1 Å². The van der Waals surface area contributed by atoms with Crippen molar-refractivity contribution in [2.45, 2.75) is 29.9 Å². The topological polar surface area (TPSA) is 93.3 Å². The smallest absolute Gasteiger partial charge is 0.187 e. The zero-order chi connectivity index (χ0) is 28.9. The number of rotatable bonds is 10. The van der Waals surface area contributed by atoms with Crippen LogP contribution in [0.3, 0.4) is 0 Å². The second-order valence-electron chi connectivity index (χ2n) is 9.02. The summed E-state index contributed by atoms with van der Waals surface area (Å²) in [4.78, 5) is 13.7. The zero-order valence-corrected chi connectivity index (χ0v) is 25.3. The minimum absolute atomic E-state index is 0.166. The number of nitrogens with zero attached hydrogens (tertiary/aromatic N) is 4. The highest BCUT2D eigenvalue weighted by Gasteiger charge is 2.26. The molecule has 0 radical (unpaired) electrons. The van der Waals surface area contributed by atoms with Crippen molar-refractivity contribution in [3.8, 4) is 39.8 Å². The molecule has 0 saturated heterocycles. The van der Waals surface area contributed by atoms with Crippen molar-refractivity contribution in [3.63, 3.8) is 0 Å². The van der Waals surface area contributed by atoms with E-state index in [2.05, 4.69) is 9.97 Å². The largest absolute Gasteiger partial charge is 0.489 e. The third kappa shape index (κ3) is 6.82. The standard InChI is InChI=1S/C30H26Cl2N4O3S2/c1-18(37)41-17-20-13-23(31)26(24(32)14-20)29-35-27(28(36(29)38)25-11-12-33-30(34-25)40-2)21-9-6-10-22(15-21)39-16-19-7-4-3-5-8-19/h3-15,18,37-38H,16-17H2,1-2H3. The van der Waals surface area contributed by atoms with Crippen molar-refractivity contribution >= 4 is 46.7 Å². The van der Waals surface area contributed by atoms with Gasteiger partial charge in [0.2, 0.25) is 0 Å². The van der Waals surface area contributed by atoms with Gasteiger partial charge in [0.25, 0.3) is 0 Å². The van der Waals surface area contributed by atoms with E-state index in [-0.39, 0.29) is 5.82 Å². The van der Waals surface area contributed by atoms with Crippen molar-refractivity contribution in [2.75, 3.05) is 6.26 Å². The Morgan fingerprint density at radius 2 is 1.71 bits per heavy atom. The number of aromatic nitrogens is 4. The van der Waals surface area contributed by atoms with Crippen LogP contribution in [0.2, 0.25) is 10.0 Å². The molecule has 3 aromatic carbocycles. The molecule has 2 N–H and O–H groups in total. The van der Waals surface area contributed by atoms with E-state index in [0.717, 1.165) is 15.9 Å². The molecule has 5 rings (SSSR count). The van der Waals surface area contributed by atoms with Gasteiger partial charge in [0.05, 0.1) is 26.7 Å². The number of hydrogen-bond acceptors (Lipinski definition) is 8. The minimum Gasteiger partial charge on any atom is -0.489 e. The molecular weight excluding hydrogens is 599 g/mol. The molecule has 0 spiro atoms. The van der Waals surface area contributed by atoms with E-state index in [1.165, 1.54) is 23.5 Å². The lowest BCUT2D eigenvalue weighted by molar-refractivity contribution is 0.195. The molecule has 2 aromatic heterocycles. The van der Waals surface area contributed by atoms with Crippen LogP contribution in [0.5, 0.6) is 5.75 Å². The van der Waals surface area contributed by atoms with Crippen LogP contribution in [-0.4, -0.2) is 41.7 Å². The van der Waals surface area contributed by atoms with Gasteiger partial charge in [-0.3, -0.25) is 0 Å². The maximum atomic E-state index is 11.6. The van der Waals surface area contributed by atoms with E-state index in [1.807, 2.05) is 60.9 Å². The van der Waals surface area contributed by atoms with Gasteiger partial charge in [-0.15, -0.1) is 11.8 Å².